The van der Waals surface area contributed by atoms with E-state index in [1.807, 2.05) is 26.0 Å². The van der Waals surface area contributed by atoms with E-state index in [4.69, 9.17) is 4.74 Å². The quantitative estimate of drug-likeness (QED) is 0.693. The number of esters is 1. The fourth-order valence-corrected chi connectivity index (χ4v) is 2.41. The number of carbonyl (C=O) groups is 1. The Kier molecular flexibility index (Phi) is 4.14. The van der Waals surface area contributed by atoms with Crippen LogP contribution in [0.5, 0.6) is 0 Å². The Hall–Kier alpha value is -3.02. The van der Waals surface area contributed by atoms with E-state index in [9.17, 15) is 4.79 Å². The van der Waals surface area contributed by atoms with Gasteiger partial charge in [0.2, 0.25) is 0 Å². The van der Waals surface area contributed by atoms with Crippen LogP contribution in [0.3, 0.4) is 0 Å². The summed E-state index contributed by atoms with van der Waals surface area (Å²) in [4.78, 5) is 12.1. The summed E-state index contributed by atoms with van der Waals surface area (Å²) in [6, 6.07) is 13.0. The lowest BCUT2D eigenvalue weighted by Crippen LogP contribution is -2.06. The summed E-state index contributed by atoms with van der Waals surface area (Å²) in [5, 5.41) is 10.9. The van der Waals surface area contributed by atoms with Crippen LogP contribution in [-0.2, 0) is 11.3 Å². The SMILES string of the molecule is Cc1cc(C)cc(COC(=O)c2ccc(-n3cnnn3)cc2)c1. The minimum Gasteiger partial charge on any atom is -0.457 e. The molecule has 0 N–H and O–H groups in total. The summed E-state index contributed by atoms with van der Waals surface area (Å²) in [6.45, 7) is 4.31. The van der Waals surface area contributed by atoms with Crippen molar-refractivity contribution in [3.8, 4) is 5.69 Å². The van der Waals surface area contributed by atoms with Crippen molar-refractivity contribution in [3.05, 3.63) is 71.0 Å². The molecule has 6 heteroatoms. The molecule has 23 heavy (non-hydrogen) atoms. The number of aromatic nitrogens is 4. The number of aryl methyl sites for hydroxylation is 2. The third-order valence-electron chi connectivity index (χ3n) is 3.37. The van der Waals surface area contributed by atoms with Gasteiger partial charge in [0, 0.05) is 0 Å². The van der Waals surface area contributed by atoms with Crippen molar-refractivity contribution in [2.24, 2.45) is 0 Å². The van der Waals surface area contributed by atoms with Gasteiger partial charge in [-0.1, -0.05) is 29.3 Å². The molecule has 0 spiro atoms. The molecule has 0 radical (unpaired) electrons. The number of tetrazole rings is 1. The molecule has 1 aromatic heterocycles. The highest BCUT2D eigenvalue weighted by atomic mass is 16.5. The molecule has 0 aliphatic carbocycles. The molecule has 1 heterocycles. The van der Waals surface area contributed by atoms with Crippen LogP contribution in [-0.4, -0.2) is 26.2 Å². The van der Waals surface area contributed by atoms with Gasteiger partial charge in [0.1, 0.15) is 12.9 Å². The molecule has 3 rings (SSSR count). The Morgan fingerprint density at radius 2 is 1.78 bits per heavy atom. The van der Waals surface area contributed by atoms with Gasteiger partial charge in [-0.15, -0.1) is 5.10 Å². The van der Waals surface area contributed by atoms with Gasteiger partial charge < -0.3 is 4.74 Å². The second-order valence-electron chi connectivity index (χ2n) is 5.37. The van der Waals surface area contributed by atoms with Crippen molar-refractivity contribution in [2.45, 2.75) is 20.5 Å². The van der Waals surface area contributed by atoms with Crippen LogP contribution in [0.1, 0.15) is 27.0 Å². The topological polar surface area (TPSA) is 69.9 Å². The van der Waals surface area contributed by atoms with E-state index in [1.54, 1.807) is 24.3 Å². The fourth-order valence-electron chi connectivity index (χ4n) is 2.41. The van der Waals surface area contributed by atoms with Crippen LogP contribution in [0, 0.1) is 13.8 Å². The second-order valence-corrected chi connectivity index (χ2v) is 5.37. The van der Waals surface area contributed by atoms with E-state index in [0.717, 1.165) is 22.4 Å². The van der Waals surface area contributed by atoms with Crippen molar-refractivity contribution in [1.29, 1.82) is 0 Å². The van der Waals surface area contributed by atoms with Crippen LogP contribution >= 0.6 is 0 Å². The van der Waals surface area contributed by atoms with Crippen LogP contribution in [0.25, 0.3) is 5.69 Å². The molecule has 0 aliphatic rings. The molecule has 0 aliphatic heterocycles. The Morgan fingerprint density at radius 3 is 2.39 bits per heavy atom. The molecule has 0 saturated carbocycles. The van der Waals surface area contributed by atoms with Crippen LogP contribution in [0.4, 0.5) is 0 Å². The molecule has 6 nitrogen and oxygen atoms in total. The summed E-state index contributed by atoms with van der Waals surface area (Å²) in [5.74, 6) is -0.354. The molecular weight excluding hydrogens is 292 g/mol. The average molecular weight is 308 g/mol. The Morgan fingerprint density at radius 1 is 1.09 bits per heavy atom. The Labute approximate surface area is 133 Å². The lowest BCUT2D eigenvalue weighted by molar-refractivity contribution is 0.0472. The van der Waals surface area contributed by atoms with Gasteiger partial charge in [0.15, 0.2) is 0 Å². The predicted molar refractivity (Wildman–Crippen MR) is 84.2 cm³/mol. The average Bonchev–Trinajstić information content (AvgIpc) is 3.06. The van der Waals surface area contributed by atoms with Crippen LogP contribution in [0.2, 0.25) is 0 Å². The molecule has 116 valence electrons. The lowest BCUT2D eigenvalue weighted by atomic mass is 10.1. The number of hydrogen-bond donors (Lipinski definition) is 0. The molecule has 3 aromatic rings. The standard InChI is InChI=1S/C17H16N4O2/c1-12-7-13(2)9-14(8-12)10-23-17(22)15-3-5-16(6-4-15)21-11-18-19-20-21/h3-9,11H,10H2,1-2H3. The van der Waals surface area contributed by atoms with Gasteiger partial charge in [-0.2, -0.15) is 0 Å². The molecule has 0 saturated heterocycles. The summed E-state index contributed by atoms with van der Waals surface area (Å²) in [7, 11) is 0. The van der Waals surface area contributed by atoms with Crippen molar-refractivity contribution in [1.82, 2.24) is 20.2 Å². The van der Waals surface area contributed by atoms with E-state index in [1.165, 1.54) is 11.0 Å². The first-order valence-corrected chi connectivity index (χ1v) is 7.19. The van der Waals surface area contributed by atoms with Crippen LogP contribution in [0.15, 0.2) is 48.8 Å². The number of carbonyl (C=O) groups excluding carboxylic acids is 1. The summed E-state index contributed by atoms with van der Waals surface area (Å²) in [5.41, 5.74) is 4.57. The second kappa shape index (κ2) is 6.39. The van der Waals surface area contributed by atoms with Crippen molar-refractivity contribution < 1.29 is 9.53 Å². The predicted octanol–water partition coefficient (Wildman–Crippen LogP) is 2.64. The summed E-state index contributed by atoms with van der Waals surface area (Å²) < 4.78 is 6.89. The monoisotopic (exact) mass is 308 g/mol. The van der Waals surface area contributed by atoms with Gasteiger partial charge in [-0.3, -0.25) is 0 Å². The smallest absolute Gasteiger partial charge is 0.338 e. The van der Waals surface area contributed by atoms with Gasteiger partial charge in [-0.25, -0.2) is 9.48 Å². The van der Waals surface area contributed by atoms with E-state index < -0.39 is 0 Å². The van der Waals surface area contributed by atoms with E-state index in [0.29, 0.717) is 5.56 Å². The molecule has 0 bridgehead atoms. The van der Waals surface area contributed by atoms with Gasteiger partial charge in [-0.05, 0) is 54.1 Å². The van der Waals surface area contributed by atoms with Gasteiger partial charge in [0.05, 0.1) is 11.3 Å². The number of nitrogens with zero attached hydrogens (tertiary/aromatic N) is 4. The molecule has 0 atom stereocenters. The largest absolute Gasteiger partial charge is 0.457 e. The molecule has 0 unspecified atom stereocenters. The Balaban J connectivity index is 1.66. The van der Waals surface area contributed by atoms with E-state index >= 15 is 0 Å². The minimum absolute atomic E-state index is 0.260. The highest BCUT2D eigenvalue weighted by molar-refractivity contribution is 5.89. The van der Waals surface area contributed by atoms with Crippen molar-refractivity contribution >= 4 is 5.97 Å². The molecule has 0 fully saturated rings. The molecule has 2 aromatic carbocycles. The summed E-state index contributed by atoms with van der Waals surface area (Å²) >= 11 is 0. The van der Waals surface area contributed by atoms with Gasteiger partial charge in [0.25, 0.3) is 0 Å². The third-order valence-corrected chi connectivity index (χ3v) is 3.37. The zero-order chi connectivity index (χ0) is 16.2. The normalized spacial score (nSPS) is 10.5. The summed E-state index contributed by atoms with van der Waals surface area (Å²) in [6.07, 6.45) is 1.49. The van der Waals surface area contributed by atoms with E-state index in [2.05, 4.69) is 21.6 Å². The minimum atomic E-state index is -0.354. The molecular formula is C17H16N4O2. The fraction of sp³-hybridized carbons (Fsp3) is 0.176. The number of rotatable bonds is 4. The highest BCUT2D eigenvalue weighted by Gasteiger charge is 2.08. The first kappa shape index (κ1) is 14.9. The highest BCUT2D eigenvalue weighted by Crippen LogP contribution is 2.13. The third kappa shape index (κ3) is 3.60. The number of ether oxygens (including phenoxy) is 1. The van der Waals surface area contributed by atoms with E-state index in [-0.39, 0.29) is 12.6 Å². The number of hydrogen-bond acceptors (Lipinski definition) is 5. The van der Waals surface area contributed by atoms with Gasteiger partial charge >= 0.3 is 5.97 Å². The molecule has 0 amide bonds. The maximum Gasteiger partial charge on any atom is 0.338 e. The zero-order valence-electron chi connectivity index (χ0n) is 12.9. The van der Waals surface area contributed by atoms with Crippen LogP contribution < -0.4 is 0 Å². The number of benzene rings is 2. The lowest BCUT2D eigenvalue weighted by Gasteiger charge is -2.07. The Bertz CT molecular complexity index is 791. The maximum atomic E-state index is 12.1. The maximum absolute atomic E-state index is 12.1. The van der Waals surface area contributed by atoms with Crippen molar-refractivity contribution in [2.75, 3.05) is 0 Å². The first-order valence-electron chi connectivity index (χ1n) is 7.19. The first-order chi connectivity index (χ1) is 11.1. The zero-order valence-corrected chi connectivity index (χ0v) is 12.9. The van der Waals surface area contributed by atoms with Crippen molar-refractivity contribution in [3.63, 3.8) is 0 Å².